The highest BCUT2D eigenvalue weighted by molar-refractivity contribution is 5.86. The maximum absolute atomic E-state index is 11.1. The first-order valence-electron chi connectivity index (χ1n) is 6.10. The highest BCUT2D eigenvalue weighted by atomic mass is 16.5. The molecule has 8 nitrogen and oxygen atoms in total. The van der Waals surface area contributed by atoms with Crippen LogP contribution in [0.25, 0.3) is 0 Å². The number of methoxy groups -OCH3 is 1. The van der Waals surface area contributed by atoms with Crippen LogP contribution in [0.3, 0.4) is 0 Å². The van der Waals surface area contributed by atoms with E-state index in [1.807, 2.05) is 13.8 Å². The van der Waals surface area contributed by atoms with Crippen LogP contribution in [0.2, 0.25) is 0 Å². The lowest BCUT2D eigenvalue weighted by Crippen LogP contribution is -2.12. The molecule has 0 aliphatic heterocycles. The molecule has 0 aliphatic rings. The molecule has 0 saturated heterocycles. The molecular formula is C12H16N4O4. The van der Waals surface area contributed by atoms with Crippen LogP contribution in [0.15, 0.2) is 4.42 Å². The number of nitrogens with zero attached hydrogens (tertiary/aromatic N) is 4. The van der Waals surface area contributed by atoms with Gasteiger partial charge in [-0.3, -0.25) is 0 Å². The normalized spacial score (nSPS) is 10.9. The number of hydrogen-bond donors (Lipinski definition) is 1. The summed E-state index contributed by atoms with van der Waals surface area (Å²) >= 11 is 0. The van der Waals surface area contributed by atoms with Gasteiger partial charge in [-0.1, -0.05) is 5.21 Å². The van der Waals surface area contributed by atoms with Gasteiger partial charge < -0.3 is 14.3 Å². The minimum Gasteiger partial charge on any atom is -0.476 e. The highest BCUT2D eigenvalue weighted by Crippen LogP contribution is 2.13. The maximum Gasteiger partial charge on any atom is 0.358 e. The summed E-state index contributed by atoms with van der Waals surface area (Å²) in [6, 6.07) is 0. The van der Waals surface area contributed by atoms with Crippen molar-refractivity contribution in [3.63, 3.8) is 0 Å². The first-order valence-corrected chi connectivity index (χ1v) is 6.10. The van der Waals surface area contributed by atoms with E-state index in [-0.39, 0.29) is 12.2 Å². The van der Waals surface area contributed by atoms with Gasteiger partial charge in [0.2, 0.25) is 5.89 Å². The first kappa shape index (κ1) is 14.2. The zero-order chi connectivity index (χ0) is 14.7. The second-order valence-corrected chi connectivity index (χ2v) is 4.34. The van der Waals surface area contributed by atoms with E-state index in [4.69, 9.17) is 14.3 Å². The first-order chi connectivity index (χ1) is 9.52. The second-order valence-electron chi connectivity index (χ2n) is 4.34. The van der Waals surface area contributed by atoms with Gasteiger partial charge in [0.1, 0.15) is 12.3 Å². The quantitative estimate of drug-likeness (QED) is 0.835. The van der Waals surface area contributed by atoms with Crippen LogP contribution in [0.4, 0.5) is 0 Å². The topological polar surface area (TPSA) is 103 Å². The molecule has 2 aromatic heterocycles. The van der Waals surface area contributed by atoms with Gasteiger partial charge in [-0.05, 0) is 13.8 Å². The van der Waals surface area contributed by atoms with Crippen molar-refractivity contribution in [2.75, 3.05) is 13.7 Å². The van der Waals surface area contributed by atoms with Gasteiger partial charge in [-0.25, -0.2) is 14.5 Å². The lowest BCUT2D eigenvalue weighted by Gasteiger charge is -2.04. The molecular weight excluding hydrogens is 264 g/mol. The molecule has 2 aromatic rings. The van der Waals surface area contributed by atoms with Crippen LogP contribution in [-0.4, -0.2) is 44.8 Å². The molecule has 2 heterocycles. The number of oxazole rings is 1. The number of carboxylic acid groups (broad SMARTS) is 1. The van der Waals surface area contributed by atoms with Gasteiger partial charge in [-0.2, -0.15) is 0 Å². The number of aromatic carboxylic acids is 1. The monoisotopic (exact) mass is 280 g/mol. The summed E-state index contributed by atoms with van der Waals surface area (Å²) in [6.45, 7) is 4.30. The standard InChI is InChI=1S/C12H16N4O4/c1-7-8(2)20-10(13-7)6-16-9(4-5-19-3)11(12(17)18)14-15-16/h4-6H2,1-3H3,(H,17,18). The average Bonchev–Trinajstić information content (AvgIpc) is 2.92. The highest BCUT2D eigenvalue weighted by Gasteiger charge is 2.20. The fraction of sp³-hybridized carbons (Fsp3) is 0.500. The van der Waals surface area contributed by atoms with Gasteiger partial charge in [0, 0.05) is 13.5 Å². The van der Waals surface area contributed by atoms with E-state index in [0.29, 0.717) is 24.6 Å². The van der Waals surface area contributed by atoms with Crippen molar-refractivity contribution in [2.45, 2.75) is 26.8 Å². The Balaban J connectivity index is 2.28. The number of carbonyl (C=O) groups is 1. The summed E-state index contributed by atoms with van der Waals surface area (Å²) < 4.78 is 11.9. The van der Waals surface area contributed by atoms with Crippen molar-refractivity contribution in [1.82, 2.24) is 20.0 Å². The predicted octanol–water partition coefficient (Wildman–Crippen LogP) is 0.818. The Labute approximate surface area is 115 Å². The van der Waals surface area contributed by atoms with Crippen LogP contribution in [-0.2, 0) is 17.7 Å². The molecule has 0 bridgehead atoms. The summed E-state index contributed by atoms with van der Waals surface area (Å²) in [7, 11) is 1.55. The summed E-state index contributed by atoms with van der Waals surface area (Å²) in [5, 5.41) is 16.6. The van der Waals surface area contributed by atoms with E-state index in [0.717, 1.165) is 11.5 Å². The summed E-state index contributed by atoms with van der Waals surface area (Å²) in [4.78, 5) is 15.4. The molecule has 8 heteroatoms. The molecule has 0 saturated carbocycles. The third-order valence-electron chi connectivity index (χ3n) is 2.94. The van der Waals surface area contributed by atoms with Gasteiger partial charge in [0.15, 0.2) is 5.69 Å². The van der Waals surface area contributed by atoms with E-state index in [9.17, 15) is 4.79 Å². The number of aryl methyl sites for hydroxylation is 2. The number of rotatable bonds is 6. The maximum atomic E-state index is 11.1. The predicted molar refractivity (Wildman–Crippen MR) is 67.6 cm³/mol. The molecule has 108 valence electrons. The molecule has 0 aromatic carbocycles. The Morgan fingerprint density at radius 1 is 1.45 bits per heavy atom. The smallest absolute Gasteiger partial charge is 0.358 e. The lowest BCUT2D eigenvalue weighted by molar-refractivity contribution is 0.0688. The van der Waals surface area contributed by atoms with E-state index in [2.05, 4.69) is 15.3 Å². The Morgan fingerprint density at radius 3 is 2.75 bits per heavy atom. The van der Waals surface area contributed by atoms with Crippen molar-refractivity contribution >= 4 is 5.97 Å². The SMILES string of the molecule is COCCc1c(C(=O)O)nnn1Cc1nc(C)c(C)o1. The van der Waals surface area contributed by atoms with Crippen molar-refractivity contribution in [3.8, 4) is 0 Å². The molecule has 2 rings (SSSR count). The molecule has 0 unspecified atom stereocenters. The summed E-state index contributed by atoms with van der Waals surface area (Å²) in [6.07, 6.45) is 0.407. The van der Waals surface area contributed by atoms with Crippen LogP contribution >= 0.6 is 0 Å². The van der Waals surface area contributed by atoms with Crippen molar-refractivity contribution in [1.29, 1.82) is 0 Å². The van der Waals surface area contributed by atoms with Crippen LogP contribution < -0.4 is 0 Å². The summed E-state index contributed by atoms with van der Waals surface area (Å²) in [5.74, 6) is 0.0969. The third-order valence-corrected chi connectivity index (χ3v) is 2.94. The van der Waals surface area contributed by atoms with Gasteiger partial charge in [0.05, 0.1) is 18.0 Å². The zero-order valence-electron chi connectivity index (χ0n) is 11.6. The number of carboxylic acids is 1. The van der Waals surface area contributed by atoms with Crippen molar-refractivity contribution in [2.24, 2.45) is 0 Å². The van der Waals surface area contributed by atoms with Gasteiger partial charge in [0.25, 0.3) is 0 Å². The van der Waals surface area contributed by atoms with Crippen LogP contribution in [0.5, 0.6) is 0 Å². The van der Waals surface area contributed by atoms with Crippen molar-refractivity contribution in [3.05, 3.63) is 28.7 Å². The van der Waals surface area contributed by atoms with E-state index in [1.54, 1.807) is 7.11 Å². The minimum atomic E-state index is -1.11. The molecule has 0 spiro atoms. The minimum absolute atomic E-state index is 0.0675. The van der Waals surface area contributed by atoms with Crippen LogP contribution in [0, 0.1) is 13.8 Å². The fourth-order valence-corrected chi connectivity index (χ4v) is 1.81. The molecule has 0 atom stereocenters. The summed E-state index contributed by atoms with van der Waals surface area (Å²) in [5.41, 5.74) is 1.23. The molecule has 0 aliphatic carbocycles. The second kappa shape index (κ2) is 5.83. The fourth-order valence-electron chi connectivity index (χ4n) is 1.81. The molecule has 0 fully saturated rings. The third kappa shape index (κ3) is 2.85. The molecule has 20 heavy (non-hydrogen) atoms. The van der Waals surface area contributed by atoms with E-state index >= 15 is 0 Å². The van der Waals surface area contributed by atoms with E-state index in [1.165, 1.54) is 4.68 Å². The largest absolute Gasteiger partial charge is 0.476 e. The van der Waals surface area contributed by atoms with Gasteiger partial charge >= 0.3 is 5.97 Å². The zero-order valence-corrected chi connectivity index (χ0v) is 11.6. The van der Waals surface area contributed by atoms with E-state index < -0.39 is 5.97 Å². The lowest BCUT2D eigenvalue weighted by atomic mass is 10.2. The van der Waals surface area contributed by atoms with Crippen LogP contribution in [0.1, 0.15) is 33.5 Å². The Morgan fingerprint density at radius 2 is 2.20 bits per heavy atom. The molecule has 0 amide bonds. The number of ether oxygens (including phenoxy) is 1. The average molecular weight is 280 g/mol. The Bertz CT molecular complexity index is 598. The van der Waals surface area contributed by atoms with Gasteiger partial charge in [-0.15, -0.1) is 5.10 Å². The molecule has 0 radical (unpaired) electrons. The number of aromatic nitrogens is 4. The molecule has 1 N–H and O–H groups in total. The van der Waals surface area contributed by atoms with Crippen molar-refractivity contribution < 1.29 is 19.1 Å². The Kier molecular flexibility index (Phi) is 4.14. The Hall–Kier alpha value is -2.22. The number of hydrogen-bond acceptors (Lipinski definition) is 6.